The molecule has 1 N–H and O–H groups in total. The molecular weight excluding hydrogens is 332 g/mol. The van der Waals surface area contributed by atoms with Crippen molar-refractivity contribution in [2.24, 2.45) is 0 Å². The van der Waals surface area contributed by atoms with Crippen molar-refractivity contribution in [2.45, 2.75) is 32.2 Å². The molecule has 6 nitrogen and oxygen atoms in total. The highest BCUT2D eigenvalue weighted by Gasteiger charge is 2.25. The van der Waals surface area contributed by atoms with Crippen molar-refractivity contribution in [2.75, 3.05) is 19.7 Å². The second-order valence-electron chi connectivity index (χ2n) is 6.36. The third-order valence-corrected chi connectivity index (χ3v) is 4.59. The van der Waals surface area contributed by atoms with E-state index in [1.807, 2.05) is 24.3 Å². The predicted molar refractivity (Wildman–Crippen MR) is 97.1 cm³/mol. The molecule has 26 heavy (non-hydrogen) atoms. The minimum absolute atomic E-state index is 0.00253. The number of nitrogens with one attached hydrogen (secondary N) is 1. The Labute approximate surface area is 153 Å². The molecule has 0 unspecified atom stereocenters. The first-order valence-electron chi connectivity index (χ1n) is 9.00. The molecule has 2 aromatic rings. The van der Waals surface area contributed by atoms with Crippen LogP contribution in [-0.2, 0) is 11.2 Å². The molecule has 138 valence electrons. The quantitative estimate of drug-likeness (QED) is 0.864. The highest BCUT2D eigenvalue weighted by Crippen LogP contribution is 2.18. The van der Waals surface area contributed by atoms with E-state index in [9.17, 15) is 9.59 Å². The molecule has 0 bridgehead atoms. The molecule has 1 aromatic carbocycles. The smallest absolute Gasteiger partial charge is 0.289 e. The van der Waals surface area contributed by atoms with Crippen LogP contribution in [0.25, 0.3) is 0 Å². The van der Waals surface area contributed by atoms with Gasteiger partial charge in [0.2, 0.25) is 0 Å². The maximum atomic E-state index is 12.2. The van der Waals surface area contributed by atoms with Crippen LogP contribution in [0.4, 0.5) is 0 Å². The maximum Gasteiger partial charge on any atom is 0.289 e. The first-order chi connectivity index (χ1) is 12.7. The van der Waals surface area contributed by atoms with Crippen LogP contribution in [0.1, 0.15) is 35.9 Å². The van der Waals surface area contributed by atoms with E-state index >= 15 is 0 Å². The van der Waals surface area contributed by atoms with Gasteiger partial charge in [0, 0.05) is 19.1 Å². The molecule has 6 heteroatoms. The largest absolute Gasteiger partial charge is 0.483 e. The Bertz CT molecular complexity index is 734. The number of piperidine rings is 1. The molecule has 0 atom stereocenters. The lowest BCUT2D eigenvalue weighted by atomic mass is 10.0. The number of para-hydroxylation sites is 1. The summed E-state index contributed by atoms with van der Waals surface area (Å²) in [4.78, 5) is 26.1. The topological polar surface area (TPSA) is 71.8 Å². The first-order valence-corrected chi connectivity index (χ1v) is 9.00. The fourth-order valence-electron chi connectivity index (χ4n) is 3.13. The molecule has 0 spiro atoms. The molecule has 0 aliphatic carbocycles. The number of likely N-dealkylation sites (tertiary alicyclic amines) is 1. The Kier molecular flexibility index (Phi) is 5.94. The Morgan fingerprint density at radius 1 is 1.19 bits per heavy atom. The van der Waals surface area contributed by atoms with Gasteiger partial charge in [0.25, 0.3) is 11.8 Å². The molecule has 1 aliphatic rings. The predicted octanol–water partition coefficient (Wildman–Crippen LogP) is 2.64. The number of benzene rings is 1. The lowest BCUT2D eigenvalue weighted by molar-refractivity contribution is -0.124. The molecule has 2 amide bonds. The molecule has 0 radical (unpaired) electrons. The summed E-state index contributed by atoms with van der Waals surface area (Å²) in [6.45, 7) is 3.26. The van der Waals surface area contributed by atoms with Crippen LogP contribution in [0.5, 0.6) is 5.75 Å². The van der Waals surface area contributed by atoms with E-state index in [-0.39, 0.29) is 24.5 Å². The van der Waals surface area contributed by atoms with Gasteiger partial charge in [0.1, 0.15) is 5.75 Å². The molecular formula is C20H24N2O4. The van der Waals surface area contributed by atoms with Gasteiger partial charge in [-0.3, -0.25) is 9.59 Å². The summed E-state index contributed by atoms with van der Waals surface area (Å²) in [7, 11) is 0. The van der Waals surface area contributed by atoms with E-state index in [0.29, 0.717) is 18.8 Å². The Hall–Kier alpha value is -2.76. The second kappa shape index (κ2) is 8.56. The Morgan fingerprint density at radius 2 is 1.96 bits per heavy atom. The average Bonchev–Trinajstić information content (AvgIpc) is 3.21. The van der Waals surface area contributed by atoms with E-state index in [4.69, 9.17) is 9.15 Å². The number of hydrogen-bond acceptors (Lipinski definition) is 4. The normalized spacial score (nSPS) is 14.9. The zero-order valence-corrected chi connectivity index (χ0v) is 14.9. The van der Waals surface area contributed by atoms with E-state index in [1.165, 1.54) is 6.26 Å². The van der Waals surface area contributed by atoms with Crippen molar-refractivity contribution in [1.29, 1.82) is 0 Å². The third kappa shape index (κ3) is 4.45. The summed E-state index contributed by atoms with van der Waals surface area (Å²) < 4.78 is 10.8. The van der Waals surface area contributed by atoms with Crippen molar-refractivity contribution in [3.05, 3.63) is 54.0 Å². The van der Waals surface area contributed by atoms with Crippen LogP contribution in [0.15, 0.2) is 47.1 Å². The summed E-state index contributed by atoms with van der Waals surface area (Å²) >= 11 is 0. The molecule has 3 rings (SSSR count). The fraction of sp³-hybridized carbons (Fsp3) is 0.400. The van der Waals surface area contributed by atoms with Crippen molar-refractivity contribution in [3.63, 3.8) is 0 Å². The number of aryl methyl sites for hydroxylation is 1. The number of hydrogen-bond donors (Lipinski definition) is 1. The van der Waals surface area contributed by atoms with Gasteiger partial charge >= 0.3 is 0 Å². The zero-order valence-electron chi connectivity index (χ0n) is 14.9. The molecule has 1 aromatic heterocycles. The van der Waals surface area contributed by atoms with Crippen LogP contribution in [0.2, 0.25) is 0 Å². The number of carbonyl (C=O) groups excluding carboxylic acids is 2. The van der Waals surface area contributed by atoms with Crippen LogP contribution >= 0.6 is 0 Å². The highest BCUT2D eigenvalue weighted by molar-refractivity contribution is 5.91. The van der Waals surface area contributed by atoms with Gasteiger partial charge in [-0.15, -0.1) is 0 Å². The highest BCUT2D eigenvalue weighted by atomic mass is 16.5. The van der Waals surface area contributed by atoms with Crippen molar-refractivity contribution in [1.82, 2.24) is 10.2 Å². The fourth-order valence-corrected chi connectivity index (χ4v) is 3.13. The number of ether oxygens (including phenoxy) is 1. The van der Waals surface area contributed by atoms with E-state index < -0.39 is 0 Å². The average molecular weight is 356 g/mol. The third-order valence-electron chi connectivity index (χ3n) is 4.59. The minimum Gasteiger partial charge on any atom is -0.483 e. The summed E-state index contributed by atoms with van der Waals surface area (Å²) in [6, 6.07) is 11.2. The van der Waals surface area contributed by atoms with Crippen LogP contribution in [0, 0.1) is 0 Å². The van der Waals surface area contributed by atoms with Crippen molar-refractivity contribution < 1.29 is 18.7 Å². The molecule has 2 heterocycles. The van der Waals surface area contributed by atoms with Crippen molar-refractivity contribution in [3.8, 4) is 5.75 Å². The SMILES string of the molecule is CCc1ccccc1OCC(=O)NC1CCN(C(=O)c2ccco2)CC1. The monoisotopic (exact) mass is 356 g/mol. The molecule has 1 fully saturated rings. The first kappa shape index (κ1) is 18.0. The van der Waals surface area contributed by atoms with Gasteiger partial charge in [-0.05, 0) is 43.0 Å². The number of nitrogens with zero attached hydrogens (tertiary/aromatic N) is 1. The standard InChI is InChI=1S/C20H24N2O4/c1-2-15-6-3-4-7-17(15)26-14-19(23)21-16-9-11-22(12-10-16)20(24)18-8-5-13-25-18/h3-8,13,16H,2,9-12,14H2,1H3,(H,21,23). The second-order valence-corrected chi connectivity index (χ2v) is 6.36. The zero-order chi connectivity index (χ0) is 18.4. The number of rotatable bonds is 6. The van der Waals surface area contributed by atoms with Gasteiger partial charge in [0.05, 0.1) is 6.26 Å². The summed E-state index contributed by atoms with van der Waals surface area (Å²) in [5.74, 6) is 0.880. The Morgan fingerprint density at radius 3 is 2.65 bits per heavy atom. The van der Waals surface area contributed by atoms with E-state index in [1.54, 1.807) is 17.0 Å². The molecule has 1 aliphatic heterocycles. The summed E-state index contributed by atoms with van der Waals surface area (Å²) in [5.41, 5.74) is 1.09. The van der Waals surface area contributed by atoms with Crippen LogP contribution in [0.3, 0.4) is 0 Å². The van der Waals surface area contributed by atoms with Gasteiger partial charge in [0.15, 0.2) is 12.4 Å². The Balaban J connectivity index is 1.43. The number of amides is 2. The van der Waals surface area contributed by atoms with Gasteiger partial charge in [-0.25, -0.2) is 0 Å². The van der Waals surface area contributed by atoms with Crippen LogP contribution < -0.4 is 10.1 Å². The minimum atomic E-state index is -0.133. The molecule has 1 saturated heterocycles. The number of furan rings is 1. The number of carbonyl (C=O) groups is 2. The summed E-state index contributed by atoms with van der Waals surface area (Å²) in [5, 5.41) is 3.00. The van der Waals surface area contributed by atoms with E-state index in [0.717, 1.165) is 30.6 Å². The van der Waals surface area contributed by atoms with Gasteiger partial charge < -0.3 is 19.4 Å². The van der Waals surface area contributed by atoms with Crippen molar-refractivity contribution >= 4 is 11.8 Å². The van der Waals surface area contributed by atoms with Gasteiger partial charge in [-0.2, -0.15) is 0 Å². The van der Waals surface area contributed by atoms with Gasteiger partial charge in [-0.1, -0.05) is 25.1 Å². The lowest BCUT2D eigenvalue weighted by Gasteiger charge is -2.31. The van der Waals surface area contributed by atoms with E-state index in [2.05, 4.69) is 12.2 Å². The maximum absolute atomic E-state index is 12.2. The lowest BCUT2D eigenvalue weighted by Crippen LogP contribution is -2.47. The summed E-state index contributed by atoms with van der Waals surface area (Å²) in [6.07, 6.45) is 3.81. The van der Waals surface area contributed by atoms with Crippen LogP contribution in [-0.4, -0.2) is 42.5 Å². The molecule has 0 saturated carbocycles.